The van der Waals surface area contributed by atoms with Crippen molar-refractivity contribution in [3.8, 4) is 0 Å². The molecule has 36 heavy (non-hydrogen) atoms. The Morgan fingerprint density at radius 2 is 1.78 bits per heavy atom. The van der Waals surface area contributed by atoms with E-state index in [1.165, 1.54) is 0 Å². The predicted molar refractivity (Wildman–Crippen MR) is 139 cm³/mol. The van der Waals surface area contributed by atoms with E-state index >= 15 is 0 Å². The summed E-state index contributed by atoms with van der Waals surface area (Å²) in [5.41, 5.74) is 0.865. The first kappa shape index (κ1) is 26.2. The summed E-state index contributed by atoms with van der Waals surface area (Å²) in [5.74, 6) is 1.68. The fourth-order valence-electron chi connectivity index (χ4n) is 9.49. The van der Waals surface area contributed by atoms with E-state index in [4.69, 9.17) is 4.74 Å². The summed E-state index contributed by atoms with van der Waals surface area (Å²) in [4.78, 5) is 12.5. The van der Waals surface area contributed by atoms with Crippen molar-refractivity contribution < 1.29 is 24.9 Å². The van der Waals surface area contributed by atoms with E-state index in [0.717, 1.165) is 56.9 Å². The summed E-state index contributed by atoms with van der Waals surface area (Å²) in [5, 5.41) is 33.4. The number of rotatable bonds is 6. The minimum absolute atomic E-state index is 0.0949. The molecule has 4 aliphatic carbocycles. The van der Waals surface area contributed by atoms with Gasteiger partial charge in [-0.3, -0.25) is 4.79 Å². The molecule has 0 spiro atoms. The normalized spacial score (nSPS) is 44.7. The van der Waals surface area contributed by atoms with E-state index < -0.39 is 6.10 Å². The molecule has 5 nitrogen and oxygen atoms in total. The second-order valence-corrected chi connectivity index (χ2v) is 13.2. The van der Waals surface area contributed by atoms with Crippen LogP contribution in [0.3, 0.4) is 0 Å². The Balaban J connectivity index is 1.25. The monoisotopic (exact) mass is 498 g/mol. The van der Waals surface area contributed by atoms with Crippen LogP contribution in [0.2, 0.25) is 0 Å². The lowest BCUT2D eigenvalue weighted by atomic mass is 9.43. The largest absolute Gasteiger partial charge is 0.461 e. The third-order valence-electron chi connectivity index (χ3n) is 11.6. The van der Waals surface area contributed by atoms with Crippen LogP contribution in [0.5, 0.6) is 0 Å². The molecule has 1 aromatic rings. The Kier molecular flexibility index (Phi) is 7.30. The fourth-order valence-corrected chi connectivity index (χ4v) is 9.49. The number of esters is 1. The van der Waals surface area contributed by atoms with Crippen molar-refractivity contribution in [2.24, 2.45) is 46.3 Å². The summed E-state index contributed by atoms with van der Waals surface area (Å²) < 4.78 is 5.51. The number of hydrogen-bond acceptors (Lipinski definition) is 5. The van der Waals surface area contributed by atoms with Crippen LogP contribution in [-0.4, -0.2) is 39.6 Å². The first-order chi connectivity index (χ1) is 17.1. The maximum atomic E-state index is 12.5. The Hall–Kier alpha value is -1.43. The van der Waals surface area contributed by atoms with Crippen molar-refractivity contribution in [1.29, 1.82) is 0 Å². The quantitative estimate of drug-likeness (QED) is 0.475. The highest BCUT2D eigenvalue weighted by molar-refractivity contribution is 5.69. The zero-order chi connectivity index (χ0) is 25.7. The molecule has 0 saturated heterocycles. The first-order valence-corrected chi connectivity index (χ1v) is 14.4. The number of carbonyl (C=O) groups excluding carboxylic acids is 1. The molecule has 3 N–H and O–H groups in total. The highest BCUT2D eigenvalue weighted by Crippen LogP contribution is 2.68. The van der Waals surface area contributed by atoms with Crippen LogP contribution < -0.4 is 0 Å². The molecule has 5 rings (SSSR count). The van der Waals surface area contributed by atoms with Gasteiger partial charge in [-0.2, -0.15) is 0 Å². The van der Waals surface area contributed by atoms with Crippen LogP contribution in [0.15, 0.2) is 30.3 Å². The standard InChI is InChI=1S/C31H46O5/c1-19(9-12-28(35)36-18-20-7-5-4-6-8-20)23-10-11-24-29-25(17-27(34)31(23,24)3)30(2)14-13-22(32)15-21(30)16-26(29)33/h4-8,19,21-27,29,32-34H,9-18H2,1-3H3/t19?,21?,22-,23-,24+,25+,26-,27+,29?,30+,31-/m1/s1. The van der Waals surface area contributed by atoms with Gasteiger partial charge in [0.25, 0.3) is 0 Å². The van der Waals surface area contributed by atoms with Crippen LogP contribution in [-0.2, 0) is 16.1 Å². The maximum absolute atomic E-state index is 12.5. The molecule has 0 heterocycles. The van der Waals surface area contributed by atoms with Gasteiger partial charge in [0.2, 0.25) is 0 Å². The molecule has 0 amide bonds. The highest BCUT2D eigenvalue weighted by atomic mass is 16.5. The smallest absolute Gasteiger partial charge is 0.306 e. The molecular weight excluding hydrogens is 452 g/mol. The van der Waals surface area contributed by atoms with Crippen molar-refractivity contribution >= 4 is 5.97 Å². The zero-order valence-electron chi connectivity index (χ0n) is 22.3. The summed E-state index contributed by atoms with van der Waals surface area (Å²) in [6.45, 7) is 7.19. The SMILES string of the molecule is CC(CCC(=O)OCc1ccccc1)[C@H]1CC[C@H]2C3[C@H](O)CC4C[C@H](O)CC[C@]4(C)[C@H]3C[C@H](O)[C@]12C. The second-order valence-electron chi connectivity index (χ2n) is 13.2. The van der Waals surface area contributed by atoms with E-state index in [0.29, 0.717) is 42.6 Å². The molecule has 1 aromatic carbocycles. The van der Waals surface area contributed by atoms with E-state index in [9.17, 15) is 20.1 Å². The minimum atomic E-state index is -0.390. The van der Waals surface area contributed by atoms with Gasteiger partial charge in [0, 0.05) is 6.42 Å². The topological polar surface area (TPSA) is 87.0 Å². The van der Waals surface area contributed by atoms with Gasteiger partial charge in [-0.25, -0.2) is 0 Å². The number of aliphatic hydroxyl groups excluding tert-OH is 3. The molecule has 11 atom stereocenters. The van der Waals surface area contributed by atoms with Crippen LogP contribution in [0.25, 0.3) is 0 Å². The van der Waals surface area contributed by atoms with Crippen LogP contribution in [0, 0.1) is 46.3 Å². The van der Waals surface area contributed by atoms with E-state index in [1.807, 2.05) is 30.3 Å². The highest BCUT2D eigenvalue weighted by Gasteiger charge is 2.65. The number of carbonyl (C=O) groups is 1. The van der Waals surface area contributed by atoms with Crippen molar-refractivity contribution in [2.75, 3.05) is 0 Å². The Bertz CT molecular complexity index is 919. The van der Waals surface area contributed by atoms with Crippen LogP contribution in [0.4, 0.5) is 0 Å². The Labute approximate surface area is 216 Å². The number of benzene rings is 1. The van der Waals surface area contributed by atoms with Gasteiger partial charge in [0.05, 0.1) is 18.3 Å². The fraction of sp³-hybridized carbons (Fsp3) is 0.774. The molecular formula is C31H46O5. The van der Waals surface area contributed by atoms with Crippen molar-refractivity contribution in [3.05, 3.63) is 35.9 Å². The van der Waals surface area contributed by atoms with Crippen molar-refractivity contribution in [1.82, 2.24) is 0 Å². The molecule has 0 aliphatic heterocycles. The van der Waals surface area contributed by atoms with E-state index in [2.05, 4.69) is 20.8 Å². The molecule has 0 aromatic heterocycles. The lowest BCUT2D eigenvalue weighted by Gasteiger charge is -2.63. The minimum Gasteiger partial charge on any atom is -0.461 e. The molecule has 3 unspecified atom stereocenters. The molecule has 0 bridgehead atoms. The molecule has 200 valence electrons. The second kappa shape index (κ2) is 10.0. The average molecular weight is 499 g/mol. The molecule has 4 aliphatic rings. The van der Waals surface area contributed by atoms with Gasteiger partial charge in [-0.05, 0) is 103 Å². The summed E-state index contributed by atoms with van der Waals surface area (Å²) >= 11 is 0. The van der Waals surface area contributed by atoms with Crippen LogP contribution >= 0.6 is 0 Å². The predicted octanol–water partition coefficient (Wildman–Crippen LogP) is 5.11. The zero-order valence-corrected chi connectivity index (χ0v) is 22.3. The van der Waals surface area contributed by atoms with E-state index in [1.54, 1.807) is 0 Å². The summed E-state index contributed by atoms with van der Waals surface area (Å²) in [6.07, 6.45) is 6.42. The van der Waals surface area contributed by atoms with Crippen LogP contribution in [0.1, 0.15) is 84.1 Å². The molecule has 5 heteroatoms. The van der Waals surface area contributed by atoms with Gasteiger partial charge in [-0.1, -0.05) is 51.1 Å². The number of aliphatic hydroxyl groups is 3. The molecule has 4 saturated carbocycles. The van der Waals surface area contributed by atoms with Crippen molar-refractivity contribution in [2.45, 2.75) is 103 Å². The Morgan fingerprint density at radius 3 is 2.53 bits per heavy atom. The van der Waals surface area contributed by atoms with E-state index in [-0.39, 0.29) is 34.9 Å². The molecule has 0 radical (unpaired) electrons. The number of hydrogen-bond donors (Lipinski definition) is 3. The summed E-state index contributed by atoms with van der Waals surface area (Å²) in [7, 11) is 0. The third kappa shape index (κ3) is 4.43. The summed E-state index contributed by atoms with van der Waals surface area (Å²) in [6, 6.07) is 9.78. The number of ether oxygens (including phenoxy) is 1. The maximum Gasteiger partial charge on any atom is 0.306 e. The lowest BCUT2D eigenvalue weighted by Crippen LogP contribution is -2.62. The number of fused-ring (bicyclic) bond motifs is 5. The Morgan fingerprint density at radius 1 is 1.03 bits per heavy atom. The first-order valence-electron chi connectivity index (χ1n) is 14.4. The third-order valence-corrected chi connectivity index (χ3v) is 11.6. The van der Waals surface area contributed by atoms with Gasteiger partial charge in [0.1, 0.15) is 6.61 Å². The van der Waals surface area contributed by atoms with Gasteiger partial charge in [-0.15, -0.1) is 0 Å². The van der Waals surface area contributed by atoms with Crippen molar-refractivity contribution in [3.63, 3.8) is 0 Å². The van der Waals surface area contributed by atoms with Gasteiger partial charge in [0.15, 0.2) is 0 Å². The average Bonchev–Trinajstić information content (AvgIpc) is 3.22. The van der Waals surface area contributed by atoms with Gasteiger partial charge < -0.3 is 20.1 Å². The molecule has 4 fully saturated rings. The lowest BCUT2D eigenvalue weighted by molar-refractivity contribution is -0.207. The van der Waals surface area contributed by atoms with Gasteiger partial charge >= 0.3 is 5.97 Å².